The van der Waals surface area contributed by atoms with E-state index in [1.54, 1.807) is 74.5 Å². The zero-order valence-corrected chi connectivity index (χ0v) is 47.3. The maximum atomic E-state index is 14.5. The molecule has 2 aromatic rings. The first kappa shape index (κ1) is 69.4. The van der Waals surface area contributed by atoms with Crippen LogP contribution in [-0.4, -0.2) is 181 Å². The average Bonchev–Trinajstić information content (AvgIpc) is 3.61. The third-order valence-corrected chi connectivity index (χ3v) is 12.9. The number of hydrogen-bond donors (Lipinski definition) is 19. The van der Waals surface area contributed by atoms with Crippen LogP contribution in [0.15, 0.2) is 60.7 Å². The van der Waals surface area contributed by atoms with Crippen LogP contribution in [-0.2, 0) is 54.4 Å². The van der Waals surface area contributed by atoms with Gasteiger partial charge in [-0.25, -0.2) is 4.79 Å². The second-order valence-electron chi connectivity index (χ2n) is 20.5. The molecule has 30 nitrogen and oxygen atoms in total. The van der Waals surface area contributed by atoms with E-state index in [4.69, 9.17) is 28.7 Å². The van der Waals surface area contributed by atoms with Crippen LogP contribution in [0.3, 0.4) is 0 Å². The molecule has 1 heterocycles. The second-order valence-corrected chi connectivity index (χ2v) is 20.5. The van der Waals surface area contributed by atoms with Gasteiger partial charge in [-0.2, -0.15) is 0 Å². The van der Waals surface area contributed by atoms with Gasteiger partial charge in [-0.1, -0.05) is 62.4 Å². The van der Waals surface area contributed by atoms with Crippen LogP contribution in [0, 0.1) is 5.92 Å². The van der Waals surface area contributed by atoms with E-state index >= 15 is 0 Å². The Morgan fingerprint density at radius 3 is 1.58 bits per heavy atom. The molecule has 0 saturated carbocycles. The number of nitrogens with one attached hydrogen (secondary N) is 12. The monoisotopic (exact) mass is 1170 g/mol. The molecule has 1 aliphatic heterocycles. The fraction of sp³-hybridized carbons (Fsp3) is 0.566. The highest BCUT2D eigenvalue weighted by Crippen LogP contribution is 2.12. The summed E-state index contributed by atoms with van der Waals surface area (Å²) in [5, 5.41) is 51.8. The summed E-state index contributed by atoms with van der Waals surface area (Å²) in [6.07, 6.45) is -3.22. The number of carbonyl (C=O) groups excluding carboxylic acids is 11. The number of urea groups is 1. The molecule has 3 rings (SSSR count). The van der Waals surface area contributed by atoms with Crippen molar-refractivity contribution in [1.29, 1.82) is 0 Å². The molecule has 83 heavy (non-hydrogen) atoms. The minimum Gasteiger partial charge on any atom is -0.391 e. The summed E-state index contributed by atoms with van der Waals surface area (Å²) in [4.78, 5) is 153. The third-order valence-electron chi connectivity index (χ3n) is 12.9. The average molecular weight is 1170 g/mol. The highest BCUT2D eigenvalue weighted by atomic mass is 16.3. The number of anilines is 1. The normalized spacial score (nSPS) is 23.2. The lowest BCUT2D eigenvalue weighted by Crippen LogP contribution is -2.63. The lowest BCUT2D eigenvalue weighted by molar-refractivity contribution is -0.148. The smallest absolute Gasteiger partial charge is 0.319 e. The molecule has 460 valence electrons. The van der Waals surface area contributed by atoms with Crippen molar-refractivity contribution < 1.29 is 63.0 Å². The van der Waals surface area contributed by atoms with Gasteiger partial charge in [0.25, 0.3) is 5.91 Å². The molecule has 0 aromatic heterocycles. The summed E-state index contributed by atoms with van der Waals surface area (Å²) in [6, 6.07) is 2.54. The maximum absolute atomic E-state index is 14.5. The van der Waals surface area contributed by atoms with Crippen molar-refractivity contribution in [2.75, 3.05) is 44.6 Å². The van der Waals surface area contributed by atoms with Crippen LogP contribution in [0.1, 0.15) is 78.2 Å². The van der Waals surface area contributed by atoms with E-state index < -0.39 is 144 Å². The fourth-order valence-corrected chi connectivity index (χ4v) is 8.50. The number of benzene rings is 2. The molecule has 24 N–H and O–H groups in total. The lowest BCUT2D eigenvalue weighted by Gasteiger charge is -2.29. The molecule has 1 saturated heterocycles. The highest BCUT2D eigenvalue weighted by molar-refractivity contribution is 6.00. The minimum atomic E-state index is -2.71. The van der Waals surface area contributed by atoms with Gasteiger partial charge in [0.1, 0.15) is 54.4 Å². The number of hydrogen-bond acceptors (Lipinski definition) is 18. The van der Waals surface area contributed by atoms with Gasteiger partial charge in [0.2, 0.25) is 58.9 Å². The van der Waals surface area contributed by atoms with Gasteiger partial charge in [-0.15, -0.1) is 0 Å². The van der Waals surface area contributed by atoms with Crippen LogP contribution in [0.5, 0.6) is 0 Å². The number of carbonyl (C=O) groups is 11. The first-order chi connectivity index (χ1) is 39.4. The van der Waals surface area contributed by atoms with E-state index in [1.807, 2.05) is 0 Å². The molecular weight excluding hydrogens is 1080 g/mol. The van der Waals surface area contributed by atoms with Crippen LogP contribution < -0.4 is 92.5 Å². The van der Waals surface area contributed by atoms with Crippen molar-refractivity contribution in [1.82, 2.24) is 58.5 Å². The van der Waals surface area contributed by atoms with E-state index in [2.05, 4.69) is 63.8 Å². The van der Waals surface area contributed by atoms with Crippen molar-refractivity contribution in [3.63, 3.8) is 0 Å². The summed E-state index contributed by atoms with van der Waals surface area (Å²) >= 11 is 0. The Labute approximate surface area is 481 Å². The van der Waals surface area contributed by atoms with Crippen LogP contribution in [0.2, 0.25) is 0 Å². The summed E-state index contributed by atoms with van der Waals surface area (Å²) < 4.78 is 0. The largest absolute Gasteiger partial charge is 0.391 e. The SMILES string of the molecule is CC(C)C[C@@H]1NC(=O)[C@@H](Cc2ccccc2)NC(=O)[C@H](CCN)NC(=O)[C@@H](NC(=O)[C@H](CCN)NC(=O)[C@@H](NC(=O)[C@H](CCN)NC(=O)Nc2ccccc2)[C@@H](C)O)CCNC(=O)[C@](C)(O)NC(=O)[C@H](CCN)NC(=O)[C@H](CCN)NC1=O. The van der Waals surface area contributed by atoms with Gasteiger partial charge in [0.05, 0.1) is 6.10 Å². The molecule has 0 spiro atoms. The molecular formula is C53H85N17O13. The van der Waals surface area contributed by atoms with Crippen LogP contribution in [0.25, 0.3) is 0 Å². The standard InChI is InChI=1S/C53H85N17O13/c1-29(2)27-39-47(77)62-33(15-21-54)42(72)63-37(19-25-58)49(79)70-53(4,83)51(81)59-26-20-38(45(75)61-34(16-22-55)44(74)67-40(48(78)66-39)28-31-11-7-5-8-12-31)64-43(73)35(17-23-56)65-50(80)41(30(3)71)69-46(76)36(18-24-57)68-52(82)60-32-13-9-6-10-14-32/h5-14,29-30,33-41,71,83H,15-28,54-58H2,1-4H3,(H,59,81)(H,61,75)(H,62,77)(H,63,72)(H,64,73)(H,65,80)(H,66,78)(H,67,74)(H,69,76)(H,70,79)(H2,60,68,82)/t30-,33+,34+,35+,36+,37+,38+,39+,40-,41+,53+/m1/s1. The molecule has 1 aliphatic rings. The lowest BCUT2D eigenvalue weighted by atomic mass is 10.00. The fourth-order valence-electron chi connectivity index (χ4n) is 8.50. The Kier molecular flexibility index (Phi) is 29.4. The number of amides is 12. The van der Waals surface area contributed by atoms with Crippen LogP contribution in [0.4, 0.5) is 10.5 Å². The van der Waals surface area contributed by atoms with Gasteiger partial charge < -0.3 is 103 Å². The Balaban J connectivity index is 2.06. The summed E-state index contributed by atoms with van der Waals surface area (Å²) in [5.74, 6) is -10.2. The first-order valence-electron chi connectivity index (χ1n) is 27.5. The number of aliphatic hydroxyl groups is 2. The molecule has 2 aromatic carbocycles. The van der Waals surface area contributed by atoms with Crippen molar-refractivity contribution >= 4 is 70.8 Å². The van der Waals surface area contributed by atoms with Gasteiger partial charge >= 0.3 is 6.03 Å². The molecule has 1 fully saturated rings. The van der Waals surface area contributed by atoms with Crippen molar-refractivity contribution in [3.05, 3.63) is 66.2 Å². The summed E-state index contributed by atoms with van der Waals surface area (Å²) in [5.41, 5.74) is 27.4. The second kappa shape index (κ2) is 35.2. The Morgan fingerprint density at radius 2 is 1.06 bits per heavy atom. The Hall–Kier alpha value is -7.87. The van der Waals surface area contributed by atoms with E-state index in [-0.39, 0.29) is 83.6 Å². The van der Waals surface area contributed by atoms with E-state index in [9.17, 15) is 63.0 Å². The van der Waals surface area contributed by atoms with Gasteiger partial charge in [-0.3, -0.25) is 47.9 Å². The molecule has 0 radical (unpaired) electrons. The zero-order valence-electron chi connectivity index (χ0n) is 47.3. The van der Waals surface area contributed by atoms with Gasteiger partial charge in [-0.05, 0) is 115 Å². The highest BCUT2D eigenvalue weighted by Gasteiger charge is 2.39. The molecule has 0 aliphatic carbocycles. The quantitative estimate of drug-likeness (QED) is 0.0492. The molecule has 0 bridgehead atoms. The number of aliphatic hydroxyl groups excluding tert-OH is 1. The van der Waals surface area contributed by atoms with Gasteiger partial charge in [0, 0.05) is 18.7 Å². The minimum absolute atomic E-state index is 0.0347. The summed E-state index contributed by atoms with van der Waals surface area (Å²) in [6.45, 7) is 4.26. The van der Waals surface area contributed by atoms with E-state index in [0.717, 1.165) is 6.92 Å². The van der Waals surface area contributed by atoms with Crippen LogP contribution >= 0.6 is 0 Å². The van der Waals surface area contributed by atoms with Gasteiger partial charge in [0.15, 0.2) is 0 Å². The first-order valence-corrected chi connectivity index (χ1v) is 27.5. The van der Waals surface area contributed by atoms with Crippen molar-refractivity contribution in [2.45, 2.75) is 145 Å². The zero-order chi connectivity index (χ0) is 61.8. The number of para-hydroxylation sites is 1. The van der Waals surface area contributed by atoms with Crippen molar-refractivity contribution in [3.8, 4) is 0 Å². The molecule has 12 amide bonds. The number of rotatable bonds is 23. The van der Waals surface area contributed by atoms with E-state index in [1.165, 1.54) is 6.92 Å². The van der Waals surface area contributed by atoms with E-state index in [0.29, 0.717) is 11.3 Å². The van der Waals surface area contributed by atoms with Crippen molar-refractivity contribution in [2.24, 2.45) is 34.6 Å². The topological polar surface area (TPSA) is 503 Å². The predicted molar refractivity (Wildman–Crippen MR) is 304 cm³/mol. The Bertz CT molecular complexity index is 2490. The number of nitrogens with two attached hydrogens (primary N) is 5. The summed E-state index contributed by atoms with van der Waals surface area (Å²) in [7, 11) is 0. The molecule has 0 unspecified atom stereocenters. The maximum Gasteiger partial charge on any atom is 0.319 e. The predicted octanol–water partition coefficient (Wildman–Crippen LogP) is -6.19. The third kappa shape index (κ3) is 23.5. The molecule has 11 atom stereocenters. The Morgan fingerprint density at radius 1 is 0.590 bits per heavy atom. The molecule has 30 heteroatoms.